The topological polar surface area (TPSA) is 69.7 Å². The van der Waals surface area contributed by atoms with E-state index < -0.39 is 10.1 Å². The Morgan fingerprint density at radius 3 is 2.30 bits per heavy atom. The van der Waals surface area contributed by atoms with Gasteiger partial charge in [0.25, 0.3) is 10.1 Å². The minimum Gasteiger partial charge on any atom is -0.465 e. The van der Waals surface area contributed by atoms with E-state index in [2.05, 4.69) is 0 Å². The number of benzene rings is 1. The molecule has 0 bridgehead atoms. The first-order valence-corrected chi connectivity index (χ1v) is 9.67. The zero-order valence-corrected chi connectivity index (χ0v) is 14.8. The van der Waals surface area contributed by atoms with Gasteiger partial charge in [-0.2, -0.15) is 8.42 Å². The fourth-order valence-electron chi connectivity index (χ4n) is 3.05. The summed E-state index contributed by atoms with van der Waals surface area (Å²) in [6, 6.07) is 7.49. The van der Waals surface area contributed by atoms with Gasteiger partial charge >= 0.3 is 5.97 Å². The molecular formula is C16H21ClO5S. The molecule has 0 aliphatic heterocycles. The predicted molar refractivity (Wildman–Crippen MR) is 87.9 cm³/mol. The lowest BCUT2D eigenvalue weighted by Crippen LogP contribution is -2.39. The molecule has 0 unspecified atom stereocenters. The minimum atomic E-state index is -3.46. The van der Waals surface area contributed by atoms with Gasteiger partial charge in [0.2, 0.25) is 0 Å². The highest BCUT2D eigenvalue weighted by atomic mass is 35.5. The standard InChI is InChI=1S/C16H21ClO5S/c1-12(18)21-11-16(13-3-5-14(17)6-4-13)9-7-15(8-10-16)22-23(2,19)20/h3-6,15H,7-11H2,1-2H3. The normalized spacial score (nSPS) is 25.1. The van der Waals surface area contributed by atoms with Crippen LogP contribution in [0.15, 0.2) is 24.3 Å². The van der Waals surface area contributed by atoms with Crippen LogP contribution in [0, 0.1) is 0 Å². The Bertz CT molecular complexity index is 646. The third-order valence-electron chi connectivity index (χ3n) is 4.21. The van der Waals surface area contributed by atoms with E-state index in [-0.39, 0.29) is 24.1 Å². The van der Waals surface area contributed by atoms with E-state index in [1.807, 2.05) is 24.3 Å². The van der Waals surface area contributed by atoms with Crippen molar-refractivity contribution in [2.24, 2.45) is 0 Å². The summed E-state index contributed by atoms with van der Waals surface area (Å²) in [6.07, 6.45) is 3.30. The molecule has 0 saturated heterocycles. The van der Waals surface area contributed by atoms with Crippen LogP contribution in [0.4, 0.5) is 0 Å². The summed E-state index contributed by atoms with van der Waals surface area (Å²) in [5.74, 6) is -0.326. The van der Waals surface area contributed by atoms with Crippen LogP contribution < -0.4 is 0 Å². The van der Waals surface area contributed by atoms with Gasteiger partial charge in [-0.25, -0.2) is 0 Å². The van der Waals surface area contributed by atoms with Crippen molar-refractivity contribution in [3.8, 4) is 0 Å². The Balaban J connectivity index is 2.17. The Kier molecular flexibility index (Phi) is 5.70. The molecule has 1 saturated carbocycles. The molecule has 1 aromatic rings. The summed E-state index contributed by atoms with van der Waals surface area (Å²) >= 11 is 5.95. The zero-order valence-electron chi connectivity index (χ0n) is 13.2. The maximum absolute atomic E-state index is 11.3. The minimum absolute atomic E-state index is 0.273. The number of rotatable bonds is 5. The molecule has 1 aliphatic rings. The summed E-state index contributed by atoms with van der Waals surface area (Å²) < 4.78 is 32.9. The SMILES string of the molecule is CC(=O)OCC1(c2ccc(Cl)cc2)CCC(OS(C)(=O)=O)CC1. The highest BCUT2D eigenvalue weighted by Crippen LogP contribution is 2.41. The van der Waals surface area contributed by atoms with Gasteiger partial charge < -0.3 is 4.74 Å². The summed E-state index contributed by atoms with van der Waals surface area (Å²) in [4.78, 5) is 11.2. The van der Waals surface area contributed by atoms with Crippen molar-refractivity contribution in [3.05, 3.63) is 34.9 Å². The van der Waals surface area contributed by atoms with E-state index in [0.717, 1.165) is 11.8 Å². The molecule has 0 radical (unpaired) electrons. The van der Waals surface area contributed by atoms with Gasteiger partial charge in [0.15, 0.2) is 0 Å². The molecule has 0 amide bonds. The Hall–Kier alpha value is -1.11. The second-order valence-electron chi connectivity index (χ2n) is 6.07. The Labute approximate surface area is 142 Å². The van der Waals surface area contributed by atoms with Crippen LogP contribution in [-0.2, 0) is 29.2 Å². The van der Waals surface area contributed by atoms with Crippen LogP contribution >= 0.6 is 11.6 Å². The lowest BCUT2D eigenvalue weighted by atomic mass is 9.69. The Morgan fingerprint density at radius 2 is 1.83 bits per heavy atom. The lowest BCUT2D eigenvalue weighted by molar-refractivity contribution is -0.143. The van der Waals surface area contributed by atoms with Crippen molar-refractivity contribution < 1.29 is 22.1 Å². The summed E-state index contributed by atoms with van der Waals surface area (Å²) in [6.45, 7) is 1.66. The highest BCUT2D eigenvalue weighted by molar-refractivity contribution is 7.86. The molecule has 0 aromatic heterocycles. The second-order valence-corrected chi connectivity index (χ2v) is 8.10. The largest absolute Gasteiger partial charge is 0.465 e. The van der Waals surface area contributed by atoms with Crippen molar-refractivity contribution in [2.75, 3.05) is 12.9 Å². The molecule has 0 N–H and O–H groups in total. The van der Waals surface area contributed by atoms with Crippen molar-refractivity contribution >= 4 is 27.7 Å². The van der Waals surface area contributed by atoms with Crippen molar-refractivity contribution in [2.45, 2.75) is 44.1 Å². The third-order valence-corrected chi connectivity index (χ3v) is 5.08. The molecule has 0 atom stereocenters. The molecular weight excluding hydrogens is 340 g/mol. The van der Waals surface area contributed by atoms with Crippen LogP contribution in [0.2, 0.25) is 5.02 Å². The highest BCUT2D eigenvalue weighted by Gasteiger charge is 2.39. The maximum Gasteiger partial charge on any atom is 0.302 e. The molecule has 23 heavy (non-hydrogen) atoms. The molecule has 7 heteroatoms. The molecule has 1 aliphatic carbocycles. The van der Waals surface area contributed by atoms with Crippen LogP contribution in [0.25, 0.3) is 0 Å². The smallest absolute Gasteiger partial charge is 0.302 e. The van der Waals surface area contributed by atoms with Crippen LogP contribution in [0.5, 0.6) is 0 Å². The summed E-state index contributed by atoms with van der Waals surface area (Å²) in [5.41, 5.74) is 0.717. The number of esters is 1. The first kappa shape index (κ1) is 18.2. The molecule has 0 spiro atoms. The first-order valence-electron chi connectivity index (χ1n) is 7.48. The van der Waals surface area contributed by atoms with Crippen LogP contribution in [0.3, 0.4) is 0 Å². The number of hydrogen-bond acceptors (Lipinski definition) is 5. The number of hydrogen-bond donors (Lipinski definition) is 0. The van der Waals surface area contributed by atoms with Crippen molar-refractivity contribution in [3.63, 3.8) is 0 Å². The van der Waals surface area contributed by atoms with E-state index in [1.54, 1.807) is 0 Å². The number of halogens is 1. The van der Waals surface area contributed by atoms with E-state index in [0.29, 0.717) is 30.7 Å². The molecule has 1 fully saturated rings. The monoisotopic (exact) mass is 360 g/mol. The van der Waals surface area contributed by atoms with E-state index in [1.165, 1.54) is 6.92 Å². The Morgan fingerprint density at radius 1 is 1.26 bits per heavy atom. The van der Waals surface area contributed by atoms with E-state index in [9.17, 15) is 13.2 Å². The average Bonchev–Trinajstić information content (AvgIpc) is 2.46. The van der Waals surface area contributed by atoms with Gasteiger partial charge in [0.05, 0.1) is 12.4 Å². The third kappa shape index (κ3) is 5.19. The van der Waals surface area contributed by atoms with Gasteiger partial charge in [-0.3, -0.25) is 8.98 Å². The quantitative estimate of drug-likeness (QED) is 0.596. The molecule has 2 rings (SSSR count). The van der Waals surface area contributed by atoms with Crippen LogP contribution in [0.1, 0.15) is 38.2 Å². The van der Waals surface area contributed by atoms with Gasteiger partial charge in [0.1, 0.15) is 6.61 Å². The molecule has 0 heterocycles. The average molecular weight is 361 g/mol. The summed E-state index contributed by atoms with van der Waals surface area (Å²) in [5, 5.41) is 0.644. The molecule has 128 valence electrons. The fourth-order valence-corrected chi connectivity index (χ4v) is 3.86. The van der Waals surface area contributed by atoms with Gasteiger partial charge in [0, 0.05) is 17.4 Å². The predicted octanol–water partition coefficient (Wildman–Crippen LogP) is 3.06. The van der Waals surface area contributed by atoms with E-state index in [4.69, 9.17) is 20.5 Å². The molecule has 1 aromatic carbocycles. The summed E-state index contributed by atoms with van der Waals surface area (Å²) in [7, 11) is -3.46. The van der Waals surface area contributed by atoms with Gasteiger partial charge in [-0.05, 0) is 43.4 Å². The van der Waals surface area contributed by atoms with Crippen molar-refractivity contribution in [1.29, 1.82) is 0 Å². The molecule has 5 nitrogen and oxygen atoms in total. The number of ether oxygens (including phenoxy) is 1. The van der Waals surface area contributed by atoms with Crippen molar-refractivity contribution in [1.82, 2.24) is 0 Å². The van der Waals surface area contributed by atoms with Gasteiger partial charge in [-0.1, -0.05) is 23.7 Å². The number of carbonyl (C=O) groups is 1. The van der Waals surface area contributed by atoms with E-state index >= 15 is 0 Å². The van der Waals surface area contributed by atoms with Gasteiger partial charge in [-0.15, -0.1) is 0 Å². The van der Waals surface area contributed by atoms with Crippen LogP contribution in [-0.4, -0.2) is 33.4 Å². The first-order chi connectivity index (χ1) is 10.7. The number of carbonyl (C=O) groups excluding carboxylic acids is 1. The fraction of sp³-hybridized carbons (Fsp3) is 0.562. The lowest BCUT2D eigenvalue weighted by Gasteiger charge is -2.39. The maximum atomic E-state index is 11.3. The zero-order chi connectivity index (χ0) is 17.1. The second kappa shape index (κ2) is 7.20.